The molecule has 3 N–H and O–H groups in total. The van der Waals surface area contributed by atoms with Gasteiger partial charge in [-0.25, -0.2) is 0 Å². The summed E-state index contributed by atoms with van der Waals surface area (Å²) in [5.74, 6) is 1.30. The molecule has 1 fully saturated rings. The second-order valence-corrected chi connectivity index (χ2v) is 6.26. The summed E-state index contributed by atoms with van der Waals surface area (Å²) in [4.78, 5) is 13.7. The van der Waals surface area contributed by atoms with Gasteiger partial charge in [0, 0.05) is 25.7 Å². The highest BCUT2D eigenvalue weighted by Crippen LogP contribution is 2.33. The lowest BCUT2D eigenvalue weighted by molar-refractivity contribution is -0.114. The third-order valence-corrected chi connectivity index (χ3v) is 3.89. The van der Waals surface area contributed by atoms with Crippen molar-refractivity contribution in [3.63, 3.8) is 0 Å². The van der Waals surface area contributed by atoms with E-state index in [2.05, 4.69) is 31.0 Å². The van der Waals surface area contributed by atoms with E-state index in [1.807, 2.05) is 12.1 Å². The molecule has 1 heterocycles. The van der Waals surface area contributed by atoms with Gasteiger partial charge in [0.25, 0.3) is 0 Å². The molecule has 1 amide bonds. The molecule has 0 saturated carbocycles. The van der Waals surface area contributed by atoms with Gasteiger partial charge in [-0.2, -0.15) is 0 Å². The standard InChI is InChI=1S/C16H25N3O/c1-10-5-11(2)9-19(8-10)16-7-15(18-13(4)20)14(17)6-12(16)3/h6-7,10-11H,5,8-9,17H2,1-4H3,(H,18,20). The van der Waals surface area contributed by atoms with Crippen molar-refractivity contribution in [1.82, 2.24) is 0 Å². The Balaban J connectivity index is 2.32. The first-order valence-electron chi connectivity index (χ1n) is 7.29. The number of rotatable bonds is 2. The fraction of sp³-hybridized carbons (Fsp3) is 0.562. The number of anilines is 3. The Bertz CT molecular complexity index is 503. The lowest BCUT2D eigenvalue weighted by Gasteiger charge is -2.37. The molecule has 4 nitrogen and oxygen atoms in total. The monoisotopic (exact) mass is 275 g/mol. The van der Waals surface area contributed by atoms with E-state index < -0.39 is 0 Å². The van der Waals surface area contributed by atoms with E-state index in [1.165, 1.54) is 19.0 Å². The topological polar surface area (TPSA) is 58.4 Å². The van der Waals surface area contributed by atoms with Gasteiger partial charge in [-0.3, -0.25) is 4.79 Å². The fourth-order valence-corrected chi connectivity index (χ4v) is 3.22. The van der Waals surface area contributed by atoms with Crippen LogP contribution in [0.25, 0.3) is 0 Å². The number of carbonyl (C=O) groups excluding carboxylic acids is 1. The molecule has 2 rings (SSSR count). The van der Waals surface area contributed by atoms with Crippen LogP contribution in [0.5, 0.6) is 0 Å². The Kier molecular flexibility index (Phi) is 4.21. The Morgan fingerprint density at radius 3 is 2.45 bits per heavy atom. The molecule has 110 valence electrons. The number of amides is 1. The van der Waals surface area contributed by atoms with Crippen molar-refractivity contribution in [2.45, 2.75) is 34.1 Å². The number of carbonyl (C=O) groups is 1. The zero-order valence-corrected chi connectivity index (χ0v) is 12.9. The lowest BCUT2D eigenvalue weighted by atomic mass is 9.91. The molecule has 1 aliphatic heterocycles. The SMILES string of the molecule is CC(=O)Nc1cc(N2CC(C)CC(C)C2)c(C)cc1N. The van der Waals surface area contributed by atoms with Crippen LogP contribution in [0.1, 0.15) is 32.8 Å². The molecule has 0 aromatic heterocycles. The quantitative estimate of drug-likeness (QED) is 0.816. The van der Waals surface area contributed by atoms with Crippen LogP contribution in [-0.4, -0.2) is 19.0 Å². The highest BCUT2D eigenvalue weighted by Gasteiger charge is 2.23. The third-order valence-electron chi connectivity index (χ3n) is 3.89. The molecule has 0 radical (unpaired) electrons. The number of nitrogen functional groups attached to an aromatic ring is 1. The first-order chi connectivity index (χ1) is 9.36. The Labute approximate surface area is 121 Å². The molecule has 1 saturated heterocycles. The zero-order valence-electron chi connectivity index (χ0n) is 12.9. The smallest absolute Gasteiger partial charge is 0.221 e. The average molecular weight is 275 g/mol. The zero-order chi connectivity index (χ0) is 14.9. The normalized spacial score (nSPS) is 22.7. The van der Waals surface area contributed by atoms with E-state index in [9.17, 15) is 4.79 Å². The van der Waals surface area contributed by atoms with Crippen molar-refractivity contribution in [3.8, 4) is 0 Å². The maximum atomic E-state index is 11.3. The summed E-state index contributed by atoms with van der Waals surface area (Å²) in [6.07, 6.45) is 1.28. The van der Waals surface area contributed by atoms with Gasteiger partial charge in [-0.1, -0.05) is 13.8 Å². The fourth-order valence-electron chi connectivity index (χ4n) is 3.22. The molecule has 1 aliphatic rings. The van der Waals surface area contributed by atoms with Crippen LogP contribution in [0.3, 0.4) is 0 Å². The molecular formula is C16H25N3O. The summed E-state index contributed by atoms with van der Waals surface area (Å²) in [7, 11) is 0. The van der Waals surface area contributed by atoms with E-state index in [4.69, 9.17) is 5.73 Å². The molecule has 20 heavy (non-hydrogen) atoms. The van der Waals surface area contributed by atoms with Crippen LogP contribution in [0.4, 0.5) is 17.1 Å². The lowest BCUT2D eigenvalue weighted by Crippen LogP contribution is -2.39. The first kappa shape index (κ1) is 14.7. The predicted molar refractivity (Wildman–Crippen MR) is 85.1 cm³/mol. The summed E-state index contributed by atoms with van der Waals surface area (Å²) in [5.41, 5.74) is 9.67. The van der Waals surface area contributed by atoms with E-state index in [0.29, 0.717) is 23.2 Å². The summed E-state index contributed by atoms with van der Waals surface area (Å²) >= 11 is 0. The van der Waals surface area contributed by atoms with Crippen LogP contribution in [-0.2, 0) is 4.79 Å². The molecule has 0 bridgehead atoms. The highest BCUT2D eigenvalue weighted by molar-refractivity contribution is 5.93. The average Bonchev–Trinajstić information content (AvgIpc) is 2.30. The number of nitrogens with two attached hydrogens (primary N) is 1. The maximum Gasteiger partial charge on any atom is 0.221 e. The molecule has 0 aliphatic carbocycles. The van der Waals surface area contributed by atoms with Gasteiger partial charge in [0.15, 0.2) is 0 Å². The number of hydrogen-bond donors (Lipinski definition) is 2. The number of piperidine rings is 1. The van der Waals surface area contributed by atoms with Crippen molar-refractivity contribution in [1.29, 1.82) is 0 Å². The van der Waals surface area contributed by atoms with Crippen molar-refractivity contribution in [2.24, 2.45) is 11.8 Å². The highest BCUT2D eigenvalue weighted by atomic mass is 16.1. The predicted octanol–water partition coefficient (Wildman–Crippen LogP) is 3.02. The number of nitrogens with zero attached hydrogens (tertiary/aromatic N) is 1. The summed E-state index contributed by atoms with van der Waals surface area (Å²) in [6.45, 7) is 10.3. The minimum Gasteiger partial charge on any atom is -0.397 e. The minimum atomic E-state index is -0.0908. The van der Waals surface area contributed by atoms with E-state index in [1.54, 1.807) is 0 Å². The Morgan fingerprint density at radius 1 is 1.30 bits per heavy atom. The van der Waals surface area contributed by atoms with Crippen molar-refractivity contribution in [2.75, 3.05) is 29.0 Å². The van der Waals surface area contributed by atoms with Gasteiger partial charge in [0.2, 0.25) is 5.91 Å². The van der Waals surface area contributed by atoms with Crippen LogP contribution in [0.15, 0.2) is 12.1 Å². The number of benzene rings is 1. The van der Waals surface area contributed by atoms with Gasteiger partial charge in [-0.15, -0.1) is 0 Å². The molecule has 1 aromatic rings. The summed E-state index contributed by atoms with van der Waals surface area (Å²) in [5, 5.41) is 2.81. The van der Waals surface area contributed by atoms with E-state index >= 15 is 0 Å². The first-order valence-corrected chi connectivity index (χ1v) is 7.29. The summed E-state index contributed by atoms with van der Waals surface area (Å²) < 4.78 is 0. The molecule has 2 unspecified atom stereocenters. The molecular weight excluding hydrogens is 250 g/mol. The summed E-state index contributed by atoms with van der Waals surface area (Å²) in [6, 6.07) is 3.96. The van der Waals surface area contributed by atoms with Gasteiger partial charge in [0.05, 0.1) is 11.4 Å². The van der Waals surface area contributed by atoms with Crippen LogP contribution in [0.2, 0.25) is 0 Å². The van der Waals surface area contributed by atoms with Gasteiger partial charge >= 0.3 is 0 Å². The van der Waals surface area contributed by atoms with E-state index in [0.717, 1.165) is 18.7 Å². The largest absolute Gasteiger partial charge is 0.397 e. The van der Waals surface area contributed by atoms with Crippen molar-refractivity contribution in [3.05, 3.63) is 17.7 Å². The van der Waals surface area contributed by atoms with Gasteiger partial charge in [-0.05, 0) is 42.9 Å². The van der Waals surface area contributed by atoms with Gasteiger partial charge < -0.3 is 16.0 Å². The van der Waals surface area contributed by atoms with Gasteiger partial charge in [0.1, 0.15) is 0 Å². The third kappa shape index (κ3) is 3.24. The second kappa shape index (κ2) is 5.73. The Hall–Kier alpha value is -1.71. The Morgan fingerprint density at radius 2 is 1.90 bits per heavy atom. The van der Waals surface area contributed by atoms with Crippen LogP contribution >= 0.6 is 0 Å². The number of aryl methyl sites for hydroxylation is 1. The molecule has 0 spiro atoms. The van der Waals surface area contributed by atoms with Crippen molar-refractivity contribution < 1.29 is 4.79 Å². The van der Waals surface area contributed by atoms with E-state index in [-0.39, 0.29) is 5.91 Å². The second-order valence-electron chi connectivity index (χ2n) is 6.26. The molecule has 2 atom stereocenters. The van der Waals surface area contributed by atoms with Crippen LogP contribution in [0, 0.1) is 18.8 Å². The molecule has 4 heteroatoms. The maximum absolute atomic E-state index is 11.3. The number of hydrogen-bond acceptors (Lipinski definition) is 3. The minimum absolute atomic E-state index is 0.0908. The molecule has 1 aromatic carbocycles. The van der Waals surface area contributed by atoms with Crippen LogP contribution < -0.4 is 16.0 Å². The van der Waals surface area contributed by atoms with Crippen molar-refractivity contribution >= 4 is 23.0 Å². The number of nitrogens with one attached hydrogen (secondary N) is 1.